The number of ether oxygens (including phenoxy) is 6. The van der Waals surface area contributed by atoms with Crippen molar-refractivity contribution in [1.29, 1.82) is 0 Å². The minimum atomic E-state index is -1.68. The average Bonchev–Trinajstić information content (AvgIpc) is 2.82. The van der Waals surface area contributed by atoms with E-state index < -0.39 is 61.9 Å². The van der Waals surface area contributed by atoms with Crippen LogP contribution in [0.3, 0.4) is 0 Å². The zero-order valence-corrected chi connectivity index (χ0v) is 18.1. The number of aliphatic hydroxyl groups excluding tert-OH is 7. The molecule has 2 aliphatic heterocycles. The topological polar surface area (TPSA) is 197 Å². The summed E-state index contributed by atoms with van der Waals surface area (Å²) in [6.07, 6.45) is -13.3. The predicted molar refractivity (Wildman–Crippen MR) is 106 cm³/mol. The first-order valence-electron chi connectivity index (χ1n) is 10.2. The Balaban J connectivity index is 1.74. The maximum atomic E-state index is 10.4. The molecule has 1 aromatic carbocycles. The molecule has 0 aromatic heterocycles. The molecule has 188 valence electrons. The molecule has 3 rings (SSSR count). The van der Waals surface area contributed by atoms with Crippen LogP contribution in [0.4, 0.5) is 0 Å². The quantitative estimate of drug-likeness (QED) is 0.198. The van der Waals surface area contributed by atoms with Crippen molar-refractivity contribution in [2.75, 3.05) is 27.4 Å². The lowest BCUT2D eigenvalue weighted by atomic mass is 9.99. The third kappa shape index (κ3) is 5.49. The fraction of sp³-hybridized carbons (Fsp3) is 0.700. The van der Waals surface area contributed by atoms with E-state index in [0.717, 1.165) is 0 Å². The highest BCUT2D eigenvalue weighted by molar-refractivity contribution is 5.53. The zero-order valence-electron chi connectivity index (χ0n) is 18.1. The van der Waals surface area contributed by atoms with E-state index in [9.17, 15) is 35.7 Å². The Bertz CT molecular complexity index is 751. The van der Waals surface area contributed by atoms with Crippen LogP contribution in [0.1, 0.15) is 5.56 Å². The molecular weight excluding hydrogens is 448 g/mol. The van der Waals surface area contributed by atoms with Gasteiger partial charge in [-0.1, -0.05) is 0 Å². The fourth-order valence-corrected chi connectivity index (χ4v) is 3.52. The molecule has 9 atom stereocenters. The summed E-state index contributed by atoms with van der Waals surface area (Å²) in [6, 6.07) is 2.97. The molecule has 2 saturated heterocycles. The standard InChI is InChI=1S/C20H30O13/c1-28-10-3-8(5-21)4-11(29-2)18(10)33-20-17(27)15(25)14(24)12(32-20)7-31-19-16(26)13(23)9(22)6-30-19/h3-4,9,12-17,19-27H,5-7H2,1-2H3. The second-order valence-corrected chi connectivity index (χ2v) is 7.70. The van der Waals surface area contributed by atoms with Crippen LogP contribution in [-0.4, -0.2) is 118 Å². The van der Waals surface area contributed by atoms with Crippen molar-refractivity contribution in [2.45, 2.75) is 61.9 Å². The third-order valence-electron chi connectivity index (χ3n) is 5.48. The summed E-state index contributed by atoms with van der Waals surface area (Å²) >= 11 is 0. The van der Waals surface area contributed by atoms with Crippen LogP contribution in [-0.2, 0) is 20.8 Å². The molecule has 2 fully saturated rings. The normalized spacial score (nSPS) is 36.9. The van der Waals surface area contributed by atoms with Crippen LogP contribution in [0.5, 0.6) is 17.2 Å². The largest absolute Gasteiger partial charge is 0.493 e. The number of benzene rings is 1. The van der Waals surface area contributed by atoms with Gasteiger partial charge in [0.15, 0.2) is 17.8 Å². The maximum absolute atomic E-state index is 10.4. The highest BCUT2D eigenvalue weighted by atomic mass is 16.7. The molecular formula is C20H30O13. The Hall–Kier alpha value is -1.78. The van der Waals surface area contributed by atoms with Gasteiger partial charge in [-0.2, -0.15) is 0 Å². The monoisotopic (exact) mass is 478 g/mol. The van der Waals surface area contributed by atoms with Gasteiger partial charge in [0, 0.05) is 0 Å². The molecule has 9 unspecified atom stereocenters. The molecule has 0 aliphatic carbocycles. The molecule has 33 heavy (non-hydrogen) atoms. The van der Waals surface area contributed by atoms with E-state index >= 15 is 0 Å². The lowest BCUT2D eigenvalue weighted by Gasteiger charge is -2.41. The van der Waals surface area contributed by atoms with Gasteiger partial charge in [0.2, 0.25) is 12.0 Å². The van der Waals surface area contributed by atoms with Gasteiger partial charge in [0.25, 0.3) is 0 Å². The SMILES string of the molecule is COc1cc(CO)cc(OC)c1OC1OC(COC2OCC(O)C(O)C2O)C(O)C(O)C1O. The van der Waals surface area contributed by atoms with Crippen LogP contribution in [0, 0.1) is 0 Å². The number of methoxy groups -OCH3 is 2. The summed E-state index contributed by atoms with van der Waals surface area (Å²) in [7, 11) is 2.72. The molecule has 2 heterocycles. The van der Waals surface area contributed by atoms with Crippen LogP contribution in [0.25, 0.3) is 0 Å². The Morgan fingerprint density at radius 2 is 1.45 bits per heavy atom. The molecule has 7 N–H and O–H groups in total. The lowest BCUT2D eigenvalue weighted by molar-refractivity contribution is -0.307. The first-order chi connectivity index (χ1) is 15.7. The number of hydrogen-bond donors (Lipinski definition) is 7. The number of aliphatic hydroxyl groups is 7. The Labute approximate surface area is 189 Å². The van der Waals surface area contributed by atoms with Gasteiger partial charge in [-0.15, -0.1) is 0 Å². The van der Waals surface area contributed by atoms with Gasteiger partial charge in [-0.25, -0.2) is 0 Å². The lowest BCUT2D eigenvalue weighted by Crippen LogP contribution is -2.61. The van der Waals surface area contributed by atoms with Crippen LogP contribution < -0.4 is 14.2 Å². The van der Waals surface area contributed by atoms with Gasteiger partial charge >= 0.3 is 0 Å². The summed E-state index contributed by atoms with van der Waals surface area (Å²) in [5, 5.41) is 69.6. The van der Waals surface area contributed by atoms with Crippen molar-refractivity contribution in [3.8, 4) is 17.2 Å². The van der Waals surface area contributed by atoms with Gasteiger partial charge in [-0.3, -0.25) is 0 Å². The highest BCUT2D eigenvalue weighted by Crippen LogP contribution is 2.40. The van der Waals surface area contributed by atoms with Gasteiger partial charge in [-0.05, 0) is 17.7 Å². The summed E-state index contributed by atoms with van der Waals surface area (Å²) in [5.41, 5.74) is 0.473. The van der Waals surface area contributed by atoms with Gasteiger partial charge in [0.05, 0.1) is 34.0 Å². The minimum Gasteiger partial charge on any atom is -0.493 e. The minimum absolute atomic E-state index is 0.0210. The van der Waals surface area contributed by atoms with Crippen molar-refractivity contribution in [3.63, 3.8) is 0 Å². The first kappa shape index (κ1) is 25.8. The second kappa shape index (κ2) is 11.1. The number of hydrogen-bond acceptors (Lipinski definition) is 13. The van der Waals surface area contributed by atoms with Crippen molar-refractivity contribution < 1.29 is 64.2 Å². The molecule has 13 heteroatoms. The molecule has 2 aliphatic rings. The molecule has 0 bridgehead atoms. The molecule has 13 nitrogen and oxygen atoms in total. The van der Waals surface area contributed by atoms with Crippen molar-refractivity contribution in [2.24, 2.45) is 0 Å². The molecule has 0 radical (unpaired) electrons. The van der Waals surface area contributed by atoms with E-state index in [1.807, 2.05) is 0 Å². The summed E-state index contributed by atoms with van der Waals surface area (Å²) in [4.78, 5) is 0. The maximum Gasteiger partial charge on any atom is 0.229 e. The predicted octanol–water partition coefficient (Wildman–Crippen LogP) is -3.16. The summed E-state index contributed by atoms with van der Waals surface area (Å²) < 4.78 is 32.3. The second-order valence-electron chi connectivity index (χ2n) is 7.70. The molecule has 0 spiro atoms. The highest BCUT2D eigenvalue weighted by Gasteiger charge is 2.47. The van der Waals surface area contributed by atoms with E-state index in [0.29, 0.717) is 5.56 Å². The summed E-state index contributed by atoms with van der Waals surface area (Å²) in [5.74, 6) is 0.343. The van der Waals surface area contributed by atoms with E-state index in [4.69, 9.17) is 28.4 Å². The Kier molecular flexibility index (Phi) is 8.69. The first-order valence-corrected chi connectivity index (χ1v) is 10.2. The van der Waals surface area contributed by atoms with Crippen LogP contribution in [0.2, 0.25) is 0 Å². The number of rotatable bonds is 8. The zero-order chi connectivity index (χ0) is 24.3. The van der Waals surface area contributed by atoms with Crippen LogP contribution in [0.15, 0.2) is 12.1 Å². The smallest absolute Gasteiger partial charge is 0.229 e. The molecule has 0 amide bonds. The third-order valence-corrected chi connectivity index (χ3v) is 5.48. The van der Waals surface area contributed by atoms with Crippen molar-refractivity contribution in [1.82, 2.24) is 0 Å². The van der Waals surface area contributed by atoms with Gasteiger partial charge in [0.1, 0.15) is 42.7 Å². The molecule has 1 aromatic rings. The van der Waals surface area contributed by atoms with Crippen molar-refractivity contribution in [3.05, 3.63) is 17.7 Å². The Morgan fingerprint density at radius 3 is 2.03 bits per heavy atom. The van der Waals surface area contributed by atoms with E-state index in [-0.39, 0.29) is 30.5 Å². The van der Waals surface area contributed by atoms with E-state index in [2.05, 4.69) is 0 Å². The average molecular weight is 478 g/mol. The van der Waals surface area contributed by atoms with Gasteiger partial charge < -0.3 is 64.2 Å². The molecule has 0 saturated carbocycles. The summed E-state index contributed by atoms with van der Waals surface area (Å²) in [6.45, 7) is -0.999. The van der Waals surface area contributed by atoms with E-state index in [1.54, 1.807) is 0 Å². The van der Waals surface area contributed by atoms with E-state index in [1.165, 1.54) is 26.4 Å². The van der Waals surface area contributed by atoms with Crippen molar-refractivity contribution >= 4 is 0 Å². The van der Waals surface area contributed by atoms with Crippen LogP contribution >= 0.6 is 0 Å². The Morgan fingerprint density at radius 1 is 0.848 bits per heavy atom. The fourth-order valence-electron chi connectivity index (χ4n) is 3.52.